The second-order valence-electron chi connectivity index (χ2n) is 9.81. The van der Waals surface area contributed by atoms with Crippen molar-refractivity contribution in [2.45, 2.75) is 25.4 Å². The van der Waals surface area contributed by atoms with Gasteiger partial charge in [0.2, 0.25) is 0 Å². The number of aromatic nitrogens is 1. The largest absolute Gasteiger partial charge is 0.497 e. The molecule has 0 bridgehead atoms. The Morgan fingerprint density at radius 3 is 2.49 bits per heavy atom. The van der Waals surface area contributed by atoms with E-state index in [1.54, 1.807) is 18.4 Å². The molecule has 4 aromatic rings. The summed E-state index contributed by atoms with van der Waals surface area (Å²) in [6.45, 7) is 5.84. The van der Waals surface area contributed by atoms with Gasteiger partial charge < -0.3 is 25.3 Å². The molecule has 3 heterocycles. The van der Waals surface area contributed by atoms with Crippen LogP contribution in [0, 0.1) is 0 Å². The van der Waals surface area contributed by atoms with Gasteiger partial charge in [-0.25, -0.2) is 0 Å². The third-order valence-corrected chi connectivity index (χ3v) is 8.32. The van der Waals surface area contributed by atoms with Crippen molar-refractivity contribution in [3.63, 3.8) is 0 Å². The first-order valence-corrected chi connectivity index (χ1v) is 14.2. The Balaban J connectivity index is 1.16. The molecule has 0 spiro atoms. The first-order chi connectivity index (χ1) is 19.0. The number of nitrogens with one attached hydrogen (secondary N) is 3. The minimum Gasteiger partial charge on any atom is -0.497 e. The summed E-state index contributed by atoms with van der Waals surface area (Å²) in [6.07, 6.45) is 2.61. The maximum Gasteiger partial charge on any atom is 0.309 e. The fourth-order valence-electron chi connectivity index (χ4n) is 5.33. The molecule has 1 fully saturated rings. The van der Waals surface area contributed by atoms with Crippen LogP contribution in [0.5, 0.6) is 5.75 Å². The van der Waals surface area contributed by atoms with Gasteiger partial charge in [0.05, 0.1) is 13.2 Å². The second-order valence-corrected chi connectivity index (χ2v) is 10.8. The van der Waals surface area contributed by atoms with Gasteiger partial charge in [0.25, 0.3) is 0 Å². The molecule has 2 amide bonds. The molecule has 1 saturated heterocycles. The number of aromatic amines is 1. The number of rotatable bonds is 9. The number of ether oxygens (including phenoxy) is 1. The Bertz CT molecular complexity index is 1380. The van der Waals surface area contributed by atoms with E-state index in [1.807, 2.05) is 49.5 Å². The zero-order valence-corrected chi connectivity index (χ0v) is 23.2. The lowest BCUT2D eigenvalue weighted by Gasteiger charge is -2.42. The van der Waals surface area contributed by atoms with Crippen molar-refractivity contribution in [1.82, 2.24) is 20.5 Å². The van der Waals surface area contributed by atoms with Crippen LogP contribution in [0.3, 0.4) is 0 Å². The Kier molecular flexibility index (Phi) is 8.48. The van der Waals surface area contributed by atoms with Gasteiger partial charge in [-0.3, -0.25) is 14.5 Å². The van der Waals surface area contributed by atoms with Gasteiger partial charge in [0, 0.05) is 66.4 Å². The molecule has 0 unspecified atom stereocenters. The molecular weight excluding hydrogens is 510 g/mol. The molecule has 8 nitrogen and oxygen atoms in total. The lowest BCUT2D eigenvalue weighted by atomic mass is 10.0. The number of hydrogen-bond acceptors (Lipinski definition) is 6. The molecule has 3 N–H and O–H groups in total. The highest BCUT2D eigenvalue weighted by Gasteiger charge is 2.32. The van der Waals surface area contributed by atoms with E-state index in [2.05, 4.69) is 55.1 Å². The van der Waals surface area contributed by atoms with Gasteiger partial charge in [0.15, 0.2) is 0 Å². The van der Waals surface area contributed by atoms with Gasteiger partial charge >= 0.3 is 11.8 Å². The highest BCUT2D eigenvalue weighted by molar-refractivity contribution is 7.10. The van der Waals surface area contributed by atoms with Gasteiger partial charge in [-0.15, -0.1) is 11.3 Å². The number of carbonyl (C=O) groups is 2. The van der Waals surface area contributed by atoms with Gasteiger partial charge in [-0.05, 0) is 60.7 Å². The fourth-order valence-corrected chi connectivity index (χ4v) is 6.30. The molecule has 1 aliphatic heterocycles. The summed E-state index contributed by atoms with van der Waals surface area (Å²) in [6, 6.07) is 20.1. The number of thiophene rings is 1. The van der Waals surface area contributed by atoms with Crippen LogP contribution in [0.2, 0.25) is 0 Å². The highest BCUT2D eigenvalue weighted by Crippen LogP contribution is 2.30. The van der Waals surface area contributed by atoms with E-state index < -0.39 is 11.8 Å². The lowest BCUT2D eigenvalue weighted by molar-refractivity contribution is -0.139. The van der Waals surface area contributed by atoms with Crippen molar-refractivity contribution in [2.24, 2.45) is 0 Å². The summed E-state index contributed by atoms with van der Waals surface area (Å²) in [5, 5.41) is 8.95. The molecule has 2 aromatic carbocycles. The van der Waals surface area contributed by atoms with Gasteiger partial charge in [-0.1, -0.05) is 24.3 Å². The summed E-state index contributed by atoms with van der Waals surface area (Å²) in [4.78, 5) is 34.7. The number of anilines is 1. The normalized spacial score (nSPS) is 15.6. The van der Waals surface area contributed by atoms with E-state index in [1.165, 1.54) is 10.6 Å². The smallest absolute Gasteiger partial charge is 0.309 e. The predicted molar refractivity (Wildman–Crippen MR) is 156 cm³/mol. The molecular formula is C30H35N5O3S. The zero-order valence-electron chi connectivity index (χ0n) is 22.4. The van der Waals surface area contributed by atoms with E-state index in [9.17, 15) is 9.59 Å². The average Bonchev–Trinajstić information content (AvgIpc) is 3.64. The van der Waals surface area contributed by atoms with Crippen LogP contribution in [-0.4, -0.2) is 67.6 Å². The second kappa shape index (κ2) is 12.4. The first-order valence-electron chi connectivity index (χ1n) is 13.3. The summed E-state index contributed by atoms with van der Waals surface area (Å²) >= 11 is 1.68. The van der Waals surface area contributed by atoms with Gasteiger partial charge in [-0.2, -0.15) is 0 Å². The van der Waals surface area contributed by atoms with Crippen molar-refractivity contribution in [2.75, 3.05) is 44.7 Å². The zero-order chi connectivity index (χ0) is 27.2. The lowest BCUT2D eigenvalue weighted by Crippen LogP contribution is -2.53. The molecule has 0 aliphatic carbocycles. The summed E-state index contributed by atoms with van der Waals surface area (Å²) < 4.78 is 5.29. The maximum absolute atomic E-state index is 12.8. The van der Waals surface area contributed by atoms with Gasteiger partial charge in [0.1, 0.15) is 5.75 Å². The monoisotopic (exact) mass is 545 g/mol. The van der Waals surface area contributed by atoms with Crippen LogP contribution < -0.4 is 20.3 Å². The van der Waals surface area contributed by atoms with Crippen LogP contribution in [0.4, 0.5) is 5.69 Å². The number of piperazine rings is 1. The number of fused-ring (bicyclic) bond motifs is 1. The SMILES string of the molecule is COc1ccc(N2CCN([C@@H](c3cccs3)[C@@H](C)NC(=O)C(=O)NCCc3c[nH]c4ccccc34)CC2)cc1. The third-order valence-electron chi connectivity index (χ3n) is 7.37. The fraction of sp³-hybridized carbons (Fsp3) is 0.333. The van der Waals surface area contributed by atoms with Crippen LogP contribution in [0.15, 0.2) is 72.2 Å². The van der Waals surface area contributed by atoms with Crippen LogP contribution in [0.1, 0.15) is 23.4 Å². The number of para-hydroxylation sites is 1. The molecule has 39 heavy (non-hydrogen) atoms. The van der Waals surface area contributed by atoms with Crippen LogP contribution >= 0.6 is 11.3 Å². The number of carbonyl (C=O) groups excluding carboxylic acids is 2. The minimum absolute atomic E-state index is 0.00834. The van der Waals surface area contributed by atoms with Crippen molar-refractivity contribution >= 4 is 39.7 Å². The Labute approximate surface area is 233 Å². The van der Waals surface area contributed by atoms with E-state index in [4.69, 9.17) is 4.74 Å². The molecule has 204 valence electrons. The number of hydrogen-bond donors (Lipinski definition) is 3. The molecule has 2 atom stereocenters. The molecule has 0 radical (unpaired) electrons. The minimum atomic E-state index is -0.601. The predicted octanol–water partition coefficient (Wildman–Crippen LogP) is 3.96. The maximum atomic E-state index is 12.8. The van der Waals surface area contributed by atoms with Crippen molar-refractivity contribution in [3.05, 3.63) is 82.7 Å². The molecule has 2 aromatic heterocycles. The molecule has 9 heteroatoms. The van der Waals surface area contributed by atoms with E-state index in [-0.39, 0.29) is 12.1 Å². The molecule has 1 aliphatic rings. The van der Waals surface area contributed by atoms with E-state index in [0.717, 1.165) is 48.4 Å². The average molecular weight is 546 g/mol. The molecule has 0 saturated carbocycles. The first kappa shape index (κ1) is 26.8. The van der Waals surface area contributed by atoms with Crippen molar-refractivity contribution < 1.29 is 14.3 Å². The standard InChI is InChI=1S/C30H35N5O3S/c1-21(33-30(37)29(36)31-14-13-22-20-32-26-7-4-3-6-25(22)26)28(27-8-5-19-39-27)35-17-15-34(16-18-35)23-9-11-24(38-2)12-10-23/h3-12,19-21,28,32H,13-18H2,1-2H3,(H,31,36)(H,33,37)/t21-,28-/m1/s1. The van der Waals surface area contributed by atoms with Crippen LogP contribution in [-0.2, 0) is 16.0 Å². The quantitative estimate of drug-likeness (QED) is 0.277. The Hall–Kier alpha value is -3.82. The number of benzene rings is 2. The van der Waals surface area contributed by atoms with Crippen molar-refractivity contribution in [1.29, 1.82) is 0 Å². The number of nitrogens with zero attached hydrogens (tertiary/aromatic N) is 2. The Morgan fingerprint density at radius 1 is 1.00 bits per heavy atom. The number of amides is 2. The van der Waals surface area contributed by atoms with E-state index >= 15 is 0 Å². The Morgan fingerprint density at radius 2 is 1.77 bits per heavy atom. The van der Waals surface area contributed by atoms with Crippen molar-refractivity contribution in [3.8, 4) is 5.75 Å². The topological polar surface area (TPSA) is 89.7 Å². The number of H-pyrrole nitrogens is 1. The number of methoxy groups -OCH3 is 1. The highest BCUT2D eigenvalue weighted by atomic mass is 32.1. The van der Waals surface area contributed by atoms with E-state index in [0.29, 0.717) is 13.0 Å². The third kappa shape index (κ3) is 6.26. The molecule has 5 rings (SSSR count). The van der Waals surface area contributed by atoms with Crippen LogP contribution in [0.25, 0.3) is 10.9 Å². The summed E-state index contributed by atoms with van der Waals surface area (Å²) in [5.74, 6) is -0.350. The summed E-state index contributed by atoms with van der Waals surface area (Å²) in [7, 11) is 1.67. The summed E-state index contributed by atoms with van der Waals surface area (Å²) in [5.41, 5.74) is 3.36.